The van der Waals surface area contributed by atoms with Crippen LogP contribution >= 0.6 is 11.6 Å². The van der Waals surface area contributed by atoms with Crippen LogP contribution in [-0.2, 0) is 11.2 Å². The van der Waals surface area contributed by atoms with Crippen LogP contribution in [0.25, 0.3) is 0 Å². The largest absolute Gasteiger partial charge is 0.379 e. The van der Waals surface area contributed by atoms with Gasteiger partial charge in [0, 0.05) is 24.7 Å². The summed E-state index contributed by atoms with van der Waals surface area (Å²) < 4.78 is 18.7. The molecule has 0 aromatic heterocycles. The molecule has 1 aliphatic rings. The number of hydrogen-bond acceptors (Lipinski definition) is 3. The Hall–Kier alpha value is -0.680. The molecule has 1 atom stereocenters. The van der Waals surface area contributed by atoms with Gasteiger partial charge in [-0.2, -0.15) is 0 Å². The molecular formula is C16H24ClFN2O. The smallest absolute Gasteiger partial charge is 0.141 e. The first-order valence-electron chi connectivity index (χ1n) is 7.39. The Morgan fingerprint density at radius 2 is 2.05 bits per heavy atom. The Balaban J connectivity index is 2.12. The molecule has 5 heteroatoms. The first-order valence-corrected chi connectivity index (χ1v) is 7.77. The van der Waals surface area contributed by atoms with Gasteiger partial charge in [-0.3, -0.25) is 4.90 Å². The highest BCUT2D eigenvalue weighted by Gasteiger charge is 2.35. The molecule has 0 amide bonds. The molecule has 21 heavy (non-hydrogen) atoms. The van der Waals surface area contributed by atoms with Crippen LogP contribution in [0.1, 0.15) is 19.4 Å². The normalized spacial score (nSPS) is 18.7. The van der Waals surface area contributed by atoms with Crippen molar-refractivity contribution >= 4 is 11.6 Å². The van der Waals surface area contributed by atoms with E-state index in [2.05, 4.69) is 24.1 Å². The van der Waals surface area contributed by atoms with E-state index < -0.39 is 0 Å². The minimum absolute atomic E-state index is 0.0145. The maximum atomic E-state index is 13.3. The Kier molecular flexibility index (Phi) is 5.60. The molecule has 1 aliphatic heterocycles. The maximum absolute atomic E-state index is 13.3. The van der Waals surface area contributed by atoms with E-state index in [1.807, 2.05) is 7.05 Å². The van der Waals surface area contributed by atoms with Gasteiger partial charge in [-0.25, -0.2) is 4.39 Å². The fraction of sp³-hybridized carbons (Fsp3) is 0.625. The second kappa shape index (κ2) is 7.05. The monoisotopic (exact) mass is 314 g/mol. The lowest BCUT2D eigenvalue weighted by molar-refractivity contribution is -0.0223. The van der Waals surface area contributed by atoms with Gasteiger partial charge < -0.3 is 10.1 Å². The zero-order valence-electron chi connectivity index (χ0n) is 13.0. The Labute approximate surface area is 131 Å². The summed E-state index contributed by atoms with van der Waals surface area (Å²) in [4.78, 5) is 2.45. The van der Waals surface area contributed by atoms with Gasteiger partial charge in [0.25, 0.3) is 0 Å². The molecule has 1 aromatic carbocycles. The van der Waals surface area contributed by atoms with Gasteiger partial charge in [0.05, 0.1) is 18.2 Å². The molecule has 1 heterocycles. The van der Waals surface area contributed by atoms with Gasteiger partial charge in [-0.1, -0.05) is 17.7 Å². The Morgan fingerprint density at radius 3 is 2.62 bits per heavy atom. The SMILES string of the molecule is CNC(Cc1ccc(F)c(Cl)c1)C(C)(C)N1CCOCC1. The fourth-order valence-electron chi connectivity index (χ4n) is 2.97. The fourth-order valence-corrected chi connectivity index (χ4v) is 3.17. The van der Waals surface area contributed by atoms with E-state index in [0.29, 0.717) is 0 Å². The number of benzene rings is 1. The number of nitrogens with one attached hydrogen (secondary N) is 1. The highest BCUT2D eigenvalue weighted by molar-refractivity contribution is 6.30. The highest BCUT2D eigenvalue weighted by atomic mass is 35.5. The van der Waals surface area contributed by atoms with Crippen molar-refractivity contribution in [1.29, 1.82) is 0 Å². The maximum Gasteiger partial charge on any atom is 0.141 e. The standard InChI is InChI=1S/C16H24ClFN2O/c1-16(2,20-6-8-21-9-7-20)15(19-3)11-12-4-5-14(18)13(17)10-12/h4-5,10,15,19H,6-9,11H2,1-3H3. The van der Waals surface area contributed by atoms with Crippen molar-refractivity contribution < 1.29 is 9.13 Å². The second-order valence-electron chi connectivity index (χ2n) is 6.05. The van der Waals surface area contributed by atoms with Crippen LogP contribution in [0, 0.1) is 5.82 Å². The summed E-state index contributed by atoms with van der Waals surface area (Å²) in [6.45, 7) is 7.92. The molecule has 0 aliphatic carbocycles. The third kappa shape index (κ3) is 3.95. The number of hydrogen-bond donors (Lipinski definition) is 1. The van der Waals surface area contributed by atoms with E-state index in [4.69, 9.17) is 16.3 Å². The Morgan fingerprint density at radius 1 is 1.38 bits per heavy atom. The molecule has 1 unspecified atom stereocenters. The van der Waals surface area contributed by atoms with Crippen LogP contribution in [-0.4, -0.2) is 49.8 Å². The molecule has 0 bridgehead atoms. The van der Waals surface area contributed by atoms with Crippen molar-refractivity contribution in [2.24, 2.45) is 0 Å². The molecule has 1 fully saturated rings. The Bertz CT molecular complexity index is 475. The number of rotatable bonds is 5. The van der Waals surface area contributed by atoms with Crippen LogP contribution in [0.3, 0.4) is 0 Å². The minimum Gasteiger partial charge on any atom is -0.379 e. The summed E-state index contributed by atoms with van der Waals surface area (Å²) in [5.41, 5.74) is 1.03. The van der Waals surface area contributed by atoms with E-state index >= 15 is 0 Å². The predicted octanol–water partition coefficient (Wildman–Crippen LogP) is 2.72. The van der Waals surface area contributed by atoms with Gasteiger partial charge in [-0.15, -0.1) is 0 Å². The summed E-state index contributed by atoms with van der Waals surface area (Å²) in [6, 6.07) is 5.21. The third-order valence-electron chi connectivity index (χ3n) is 4.45. The average Bonchev–Trinajstić information content (AvgIpc) is 2.49. The lowest BCUT2D eigenvalue weighted by atomic mass is 9.87. The number of nitrogens with zero attached hydrogens (tertiary/aromatic N) is 1. The minimum atomic E-state index is -0.367. The van der Waals surface area contributed by atoms with E-state index in [9.17, 15) is 4.39 Å². The number of likely N-dealkylation sites (N-methyl/N-ethyl adjacent to an activating group) is 1. The molecule has 3 nitrogen and oxygen atoms in total. The summed E-state index contributed by atoms with van der Waals surface area (Å²) in [7, 11) is 1.97. The number of ether oxygens (including phenoxy) is 1. The van der Waals surface area contributed by atoms with Gasteiger partial charge >= 0.3 is 0 Å². The molecule has 2 rings (SSSR count). The van der Waals surface area contributed by atoms with Crippen LogP contribution in [0.15, 0.2) is 18.2 Å². The summed E-state index contributed by atoms with van der Waals surface area (Å²) in [6.07, 6.45) is 0.806. The lowest BCUT2D eigenvalue weighted by Gasteiger charge is -2.46. The van der Waals surface area contributed by atoms with Crippen LogP contribution < -0.4 is 5.32 Å². The molecular weight excluding hydrogens is 291 g/mol. The second-order valence-corrected chi connectivity index (χ2v) is 6.45. The van der Waals surface area contributed by atoms with Crippen molar-refractivity contribution in [1.82, 2.24) is 10.2 Å². The number of halogens is 2. The summed E-state index contributed by atoms with van der Waals surface area (Å²) in [5, 5.41) is 3.59. The third-order valence-corrected chi connectivity index (χ3v) is 4.74. The zero-order valence-corrected chi connectivity index (χ0v) is 13.7. The molecule has 118 valence electrons. The van der Waals surface area contributed by atoms with Crippen molar-refractivity contribution in [3.63, 3.8) is 0 Å². The van der Waals surface area contributed by atoms with Gasteiger partial charge in [0.15, 0.2) is 0 Å². The van der Waals surface area contributed by atoms with E-state index in [1.165, 1.54) is 6.07 Å². The quantitative estimate of drug-likeness (QED) is 0.904. The molecule has 0 saturated carbocycles. The first kappa shape index (κ1) is 16.7. The predicted molar refractivity (Wildman–Crippen MR) is 84.4 cm³/mol. The van der Waals surface area contributed by atoms with Crippen LogP contribution in [0.2, 0.25) is 5.02 Å². The molecule has 0 spiro atoms. The lowest BCUT2D eigenvalue weighted by Crippen LogP contribution is -2.60. The van der Waals surface area contributed by atoms with Crippen molar-refractivity contribution in [3.05, 3.63) is 34.6 Å². The summed E-state index contributed by atoms with van der Waals surface area (Å²) >= 11 is 5.88. The molecule has 1 N–H and O–H groups in total. The number of morpholine rings is 1. The summed E-state index contributed by atoms with van der Waals surface area (Å²) in [5.74, 6) is -0.367. The first-order chi connectivity index (χ1) is 9.95. The van der Waals surface area contributed by atoms with Crippen LogP contribution in [0.4, 0.5) is 4.39 Å². The van der Waals surface area contributed by atoms with E-state index in [-0.39, 0.29) is 22.4 Å². The van der Waals surface area contributed by atoms with Gasteiger partial charge in [-0.05, 0) is 45.0 Å². The molecule has 1 aromatic rings. The average molecular weight is 315 g/mol. The molecule has 0 radical (unpaired) electrons. The molecule has 1 saturated heterocycles. The van der Waals surface area contributed by atoms with Gasteiger partial charge in [0.1, 0.15) is 5.82 Å². The van der Waals surface area contributed by atoms with Crippen molar-refractivity contribution in [3.8, 4) is 0 Å². The van der Waals surface area contributed by atoms with E-state index in [0.717, 1.165) is 38.3 Å². The topological polar surface area (TPSA) is 24.5 Å². The van der Waals surface area contributed by atoms with Crippen molar-refractivity contribution in [2.75, 3.05) is 33.4 Å². The van der Waals surface area contributed by atoms with Crippen molar-refractivity contribution in [2.45, 2.75) is 31.8 Å². The van der Waals surface area contributed by atoms with Crippen LogP contribution in [0.5, 0.6) is 0 Å². The highest BCUT2D eigenvalue weighted by Crippen LogP contribution is 2.24. The zero-order chi connectivity index (χ0) is 15.5. The van der Waals surface area contributed by atoms with E-state index in [1.54, 1.807) is 12.1 Å². The van der Waals surface area contributed by atoms with Gasteiger partial charge in [0.2, 0.25) is 0 Å².